The summed E-state index contributed by atoms with van der Waals surface area (Å²) in [5, 5.41) is 16.2. The topological polar surface area (TPSA) is 61.4 Å². The van der Waals surface area contributed by atoms with Gasteiger partial charge in [-0.05, 0) is 49.6 Å². The standard InChI is InChI=1S/C18H25N3O2/c1-14-11-19-20-18(14)16-5-3-7-21(13-16)12-15-4-2-6-17(10-15)23-9-8-22/h2,4,6,10-11,16,22H,3,5,7-9,12-13H2,1H3,(H,19,20). The maximum atomic E-state index is 8.86. The minimum absolute atomic E-state index is 0.0432. The first kappa shape index (κ1) is 16.0. The molecule has 1 aromatic carbocycles. The number of aromatic amines is 1. The third-order valence-electron chi connectivity index (χ3n) is 4.45. The third kappa shape index (κ3) is 4.12. The van der Waals surface area contributed by atoms with Crippen LogP contribution in [0.1, 0.15) is 35.6 Å². The van der Waals surface area contributed by atoms with E-state index in [2.05, 4.69) is 34.2 Å². The predicted octanol–water partition coefficient (Wildman–Crippen LogP) is 2.47. The van der Waals surface area contributed by atoms with Gasteiger partial charge in [0.05, 0.1) is 12.8 Å². The largest absolute Gasteiger partial charge is 0.491 e. The van der Waals surface area contributed by atoms with Gasteiger partial charge in [0, 0.05) is 24.7 Å². The second-order valence-electron chi connectivity index (χ2n) is 6.26. The van der Waals surface area contributed by atoms with Crippen molar-refractivity contribution in [3.05, 3.63) is 47.3 Å². The van der Waals surface area contributed by atoms with Crippen molar-refractivity contribution in [2.75, 3.05) is 26.3 Å². The van der Waals surface area contributed by atoms with E-state index in [1.54, 1.807) is 0 Å². The highest BCUT2D eigenvalue weighted by atomic mass is 16.5. The molecule has 5 nitrogen and oxygen atoms in total. The second-order valence-corrected chi connectivity index (χ2v) is 6.26. The van der Waals surface area contributed by atoms with Crippen LogP contribution in [0.3, 0.4) is 0 Å². The smallest absolute Gasteiger partial charge is 0.119 e. The summed E-state index contributed by atoms with van der Waals surface area (Å²) in [4.78, 5) is 2.50. The molecule has 2 N–H and O–H groups in total. The molecule has 2 aromatic rings. The SMILES string of the molecule is Cc1cn[nH]c1C1CCCN(Cc2cccc(OCCO)c2)C1. The average Bonchev–Trinajstić information content (AvgIpc) is 3.00. The number of nitrogens with one attached hydrogen (secondary N) is 1. The zero-order valence-corrected chi connectivity index (χ0v) is 13.7. The summed E-state index contributed by atoms with van der Waals surface area (Å²) in [6.07, 6.45) is 4.35. The number of nitrogens with zero attached hydrogens (tertiary/aromatic N) is 2. The van der Waals surface area contributed by atoms with Crippen LogP contribution in [0.15, 0.2) is 30.5 Å². The summed E-state index contributed by atoms with van der Waals surface area (Å²) in [6.45, 7) is 5.63. The van der Waals surface area contributed by atoms with E-state index in [0.29, 0.717) is 12.5 Å². The fraction of sp³-hybridized carbons (Fsp3) is 0.500. The Morgan fingerprint density at radius 1 is 1.43 bits per heavy atom. The normalized spacial score (nSPS) is 19.0. The first-order chi connectivity index (χ1) is 11.3. The van der Waals surface area contributed by atoms with E-state index >= 15 is 0 Å². The molecule has 5 heteroatoms. The number of aliphatic hydroxyl groups excluding tert-OH is 1. The van der Waals surface area contributed by atoms with Gasteiger partial charge in [-0.1, -0.05) is 12.1 Å². The van der Waals surface area contributed by atoms with Crippen LogP contribution in [0.4, 0.5) is 0 Å². The Balaban J connectivity index is 1.62. The van der Waals surface area contributed by atoms with Gasteiger partial charge in [0.15, 0.2) is 0 Å². The Labute approximate surface area is 137 Å². The minimum Gasteiger partial charge on any atom is -0.491 e. The van der Waals surface area contributed by atoms with Crippen LogP contribution < -0.4 is 4.74 Å². The number of aliphatic hydroxyl groups is 1. The molecule has 0 amide bonds. The van der Waals surface area contributed by atoms with E-state index in [0.717, 1.165) is 25.4 Å². The fourth-order valence-electron chi connectivity index (χ4n) is 3.36. The highest BCUT2D eigenvalue weighted by Gasteiger charge is 2.23. The van der Waals surface area contributed by atoms with Crippen LogP contribution in [-0.2, 0) is 6.54 Å². The Hall–Kier alpha value is -1.85. The molecule has 0 radical (unpaired) electrons. The van der Waals surface area contributed by atoms with Crippen molar-refractivity contribution < 1.29 is 9.84 Å². The summed E-state index contributed by atoms with van der Waals surface area (Å²) >= 11 is 0. The van der Waals surface area contributed by atoms with Gasteiger partial charge in [-0.3, -0.25) is 10.00 Å². The van der Waals surface area contributed by atoms with Crippen molar-refractivity contribution in [1.82, 2.24) is 15.1 Å². The molecule has 1 aromatic heterocycles. The van der Waals surface area contributed by atoms with Gasteiger partial charge in [0.2, 0.25) is 0 Å². The summed E-state index contributed by atoms with van der Waals surface area (Å²) in [5.74, 6) is 1.37. The number of hydrogen-bond acceptors (Lipinski definition) is 4. The van der Waals surface area contributed by atoms with Crippen molar-refractivity contribution in [2.45, 2.75) is 32.2 Å². The lowest BCUT2D eigenvalue weighted by Crippen LogP contribution is -2.34. The highest BCUT2D eigenvalue weighted by molar-refractivity contribution is 5.28. The van der Waals surface area contributed by atoms with Crippen molar-refractivity contribution in [1.29, 1.82) is 0 Å². The first-order valence-corrected chi connectivity index (χ1v) is 8.31. The summed E-state index contributed by atoms with van der Waals surface area (Å²) < 4.78 is 5.50. The van der Waals surface area contributed by atoms with Crippen molar-refractivity contribution in [3.63, 3.8) is 0 Å². The molecule has 1 unspecified atom stereocenters. The van der Waals surface area contributed by atoms with E-state index in [9.17, 15) is 0 Å². The van der Waals surface area contributed by atoms with Crippen LogP contribution >= 0.6 is 0 Å². The zero-order chi connectivity index (χ0) is 16.1. The lowest BCUT2D eigenvalue weighted by molar-refractivity contribution is 0.195. The zero-order valence-electron chi connectivity index (χ0n) is 13.7. The van der Waals surface area contributed by atoms with Crippen LogP contribution in [0.2, 0.25) is 0 Å². The quantitative estimate of drug-likeness (QED) is 0.860. The molecule has 0 saturated carbocycles. The number of benzene rings is 1. The second kappa shape index (κ2) is 7.62. The van der Waals surface area contributed by atoms with E-state index in [1.165, 1.54) is 29.7 Å². The Kier molecular flexibility index (Phi) is 5.31. The van der Waals surface area contributed by atoms with Gasteiger partial charge < -0.3 is 9.84 Å². The number of likely N-dealkylation sites (tertiary alicyclic amines) is 1. The molecule has 0 bridgehead atoms. The molecule has 2 heterocycles. The maximum absolute atomic E-state index is 8.86. The molecule has 0 spiro atoms. The maximum Gasteiger partial charge on any atom is 0.119 e. The van der Waals surface area contributed by atoms with E-state index in [1.807, 2.05) is 18.3 Å². The molecule has 1 fully saturated rings. The molecule has 124 valence electrons. The predicted molar refractivity (Wildman–Crippen MR) is 89.6 cm³/mol. The minimum atomic E-state index is 0.0432. The number of H-pyrrole nitrogens is 1. The Morgan fingerprint density at radius 2 is 2.35 bits per heavy atom. The molecule has 1 atom stereocenters. The monoisotopic (exact) mass is 315 g/mol. The molecule has 1 saturated heterocycles. The summed E-state index contributed by atoms with van der Waals surface area (Å²) in [5.41, 5.74) is 3.80. The van der Waals surface area contributed by atoms with E-state index in [4.69, 9.17) is 9.84 Å². The molecular formula is C18H25N3O2. The number of ether oxygens (including phenoxy) is 1. The van der Waals surface area contributed by atoms with Gasteiger partial charge in [-0.25, -0.2) is 0 Å². The van der Waals surface area contributed by atoms with Gasteiger partial charge in [-0.15, -0.1) is 0 Å². The van der Waals surface area contributed by atoms with Crippen molar-refractivity contribution >= 4 is 0 Å². The van der Waals surface area contributed by atoms with Crippen molar-refractivity contribution in [3.8, 4) is 5.75 Å². The molecule has 23 heavy (non-hydrogen) atoms. The number of piperidine rings is 1. The van der Waals surface area contributed by atoms with Crippen molar-refractivity contribution in [2.24, 2.45) is 0 Å². The van der Waals surface area contributed by atoms with Gasteiger partial charge in [0.25, 0.3) is 0 Å². The number of aryl methyl sites for hydroxylation is 1. The molecule has 1 aliphatic heterocycles. The number of aromatic nitrogens is 2. The summed E-state index contributed by atoms with van der Waals surface area (Å²) in [6, 6.07) is 8.16. The van der Waals surface area contributed by atoms with Gasteiger partial charge in [-0.2, -0.15) is 5.10 Å². The lowest BCUT2D eigenvalue weighted by atomic mass is 9.92. The average molecular weight is 315 g/mol. The number of rotatable bonds is 6. The third-order valence-corrected chi connectivity index (χ3v) is 4.45. The van der Waals surface area contributed by atoms with E-state index < -0.39 is 0 Å². The number of hydrogen-bond donors (Lipinski definition) is 2. The van der Waals surface area contributed by atoms with Crippen LogP contribution in [-0.4, -0.2) is 46.5 Å². The first-order valence-electron chi connectivity index (χ1n) is 8.31. The van der Waals surface area contributed by atoms with Gasteiger partial charge >= 0.3 is 0 Å². The Morgan fingerprint density at radius 3 is 3.13 bits per heavy atom. The molecule has 0 aliphatic carbocycles. The highest BCUT2D eigenvalue weighted by Crippen LogP contribution is 2.28. The van der Waals surface area contributed by atoms with Crippen LogP contribution in [0, 0.1) is 6.92 Å². The van der Waals surface area contributed by atoms with E-state index in [-0.39, 0.29) is 6.61 Å². The lowest BCUT2D eigenvalue weighted by Gasteiger charge is -2.32. The Bertz CT molecular complexity index is 626. The molecule has 3 rings (SSSR count). The van der Waals surface area contributed by atoms with Gasteiger partial charge in [0.1, 0.15) is 12.4 Å². The molecule has 1 aliphatic rings. The summed E-state index contributed by atoms with van der Waals surface area (Å²) in [7, 11) is 0. The molecular weight excluding hydrogens is 290 g/mol. The van der Waals surface area contributed by atoms with Crippen LogP contribution in [0.5, 0.6) is 5.75 Å². The van der Waals surface area contributed by atoms with Crippen LogP contribution in [0.25, 0.3) is 0 Å². The fourth-order valence-corrected chi connectivity index (χ4v) is 3.36.